The second-order valence-corrected chi connectivity index (χ2v) is 6.12. The number of likely N-dealkylation sites (N-methyl/N-ethyl adjacent to an activating group) is 1. The van der Waals surface area contributed by atoms with E-state index in [0.717, 1.165) is 12.5 Å². The molecule has 1 aromatic carbocycles. The van der Waals surface area contributed by atoms with Gasteiger partial charge in [0.2, 0.25) is 0 Å². The average molecular weight is 260 g/mol. The van der Waals surface area contributed by atoms with Crippen LogP contribution in [-0.2, 0) is 0 Å². The lowest BCUT2D eigenvalue weighted by Crippen LogP contribution is -2.45. The zero-order valence-electron chi connectivity index (χ0n) is 12.9. The van der Waals surface area contributed by atoms with Crippen LogP contribution < -0.4 is 10.2 Å². The number of aryl methyl sites for hydroxylation is 2. The van der Waals surface area contributed by atoms with E-state index in [1.54, 1.807) is 0 Å². The summed E-state index contributed by atoms with van der Waals surface area (Å²) in [6.45, 7) is 8.98. The zero-order chi connectivity index (χ0) is 13.8. The van der Waals surface area contributed by atoms with E-state index in [2.05, 4.69) is 56.2 Å². The number of hydrogen-bond donors (Lipinski definition) is 1. The second kappa shape index (κ2) is 6.42. The summed E-state index contributed by atoms with van der Waals surface area (Å²) in [5, 5.41) is 3.67. The van der Waals surface area contributed by atoms with Gasteiger partial charge in [0.1, 0.15) is 0 Å². The molecule has 0 radical (unpaired) electrons. The van der Waals surface area contributed by atoms with Crippen molar-refractivity contribution in [3.8, 4) is 0 Å². The van der Waals surface area contributed by atoms with Crippen LogP contribution in [0.4, 0.5) is 5.69 Å². The van der Waals surface area contributed by atoms with Crippen molar-refractivity contribution in [2.45, 2.75) is 46.1 Å². The highest BCUT2D eigenvalue weighted by Crippen LogP contribution is 2.23. The SMILES string of the molecule is CCC1CCNC(CN(C)c2ccc(C)cc2C)C1. The second-order valence-electron chi connectivity index (χ2n) is 6.12. The molecule has 0 aliphatic carbocycles. The van der Waals surface area contributed by atoms with E-state index in [1.165, 1.54) is 42.6 Å². The number of anilines is 1. The topological polar surface area (TPSA) is 15.3 Å². The first-order chi connectivity index (χ1) is 9.10. The van der Waals surface area contributed by atoms with Gasteiger partial charge in [0.15, 0.2) is 0 Å². The number of benzene rings is 1. The minimum atomic E-state index is 0.643. The maximum absolute atomic E-state index is 3.67. The summed E-state index contributed by atoms with van der Waals surface area (Å²) in [5.41, 5.74) is 4.09. The van der Waals surface area contributed by atoms with E-state index < -0.39 is 0 Å². The Bertz CT molecular complexity index is 414. The van der Waals surface area contributed by atoms with Gasteiger partial charge in [0.25, 0.3) is 0 Å². The van der Waals surface area contributed by atoms with Crippen LogP contribution in [0.25, 0.3) is 0 Å². The van der Waals surface area contributed by atoms with Crippen LogP contribution >= 0.6 is 0 Å². The summed E-state index contributed by atoms with van der Waals surface area (Å²) in [6, 6.07) is 7.38. The number of nitrogens with zero attached hydrogens (tertiary/aromatic N) is 1. The molecular weight excluding hydrogens is 232 g/mol. The van der Waals surface area contributed by atoms with Crippen molar-refractivity contribution in [2.24, 2.45) is 5.92 Å². The molecule has 1 aromatic rings. The smallest absolute Gasteiger partial charge is 0.0394 e. The fourth-order valence-electron chi connectivity index (χ4n) is 3.27. The molecule has 19 heavy (non-hydrogen) atoms. The van der Waals surface area contributed by atoms with E-state index in [1.807, 2.05) is 0 Å². The Kier molecular flexibility index (Phi) is 4.87. The van der Waals surface area contributed by atoms with E-state index in [4.69, 9.17) is 0 Å². The summed E-state index contributed by atoms with van der Waals surface area (Å²) < 4.78 is 0. The van der Waals surface area contributed by atoms with Gasteiger partial charge in [-0.3, -0.25) is 0 Å². The van der Waals surface area contributed by atoms with Crippen molar-refractivity contribution in [1.29, 1.82) is 0 Å². The molecule has 2 heteroatoms. The third-order valence-electron chi connectivity index (χ3n) is 4.44. The third-order valence-corrected chi connectivity index (χ3v) is 4.44. The molecule has 2 rings (SSSR count). The van der Waals surface area contributed by atoms with Crippen LogP contribution in [-0.4, -0.2) is 26.2 Å². The molecule has 0 saturated carbocycles. The molecule has 106 valence electrons. The van der Waals surface area contributed by atoms with Gasteiger partial charge < -0.3 is 10.2 Å². The predicted octanol–water partition coefficient (Wildman–Crippen LogP) is 3.52. The van der Waals surface area contributed by atoms with Crippen molar-refractivity contribution in [1.82, 2.24) is 5.32 Å². The minimum absolute atomic E-state index is 0.643. The van der Waals surface area contributed by atoms with Crippen molar-refractivity contribution < 1.29 is 0 Å². The molecule has 1 aliphatic rings. The molecule has 1 heterocycles. The molecular formula is C17H28N2. The average Bonchev–Trinajstić information content (AvgIpc) is 2.38. The zero-order valence-corrected chi connectivity index (χ0v) is 12.9. The van der Waals surface area contributed by atoms with Crippen LogP contribution in [0.15, 0.2) is 18.2 Å². The fraction of sp³-hybridized carbons (Fsp3) is 0.647. The standard InChI is InChI=1S/C17H28N2/c1-5-15-8-9-18-16(11-15)12-19(4)17-7-6-13(2)10-14(17)3/h6-7,10,15-16,18H,5,8-9,11-12H2,1-4H3. The molecule has 0 bridgehead atoms. The highest BCUT2D eigenvalue weighted by atomic mass is 15.1. The molecule has 1 saturated heterocycles. The first-order valence-corrected chi connectivity index (χ1v) is 7.62. The Balaban J connectivity index is 1.98. The lowest BCUT2D eigenvalue weighted by Gasteiger charge is -2.33. The molecule has 2 atom stereocenters. The van der Waals surface area contributed by atoms with Gasteiger partial charge >= 0.3 is 0 Å². The first kappa shape index (κ1) is 14.4. The quantitative estimate of drug-likeness (QED) is 0.891. The van der Waals surface area contributed by atoms with Crippen LogP contribution in [0.1, 0.15) is 37.3 Å². The van der Waals surface area contributed by atoms with Crippen molar-refractivity contribution in [3.63, 3.8) is 0 Å². The van der Waals surface area contributed by atoms with Gasteiger partial charge in [-0.05, 0) is 50.8 Å². The van der Waals surface area contributed by atoms with Crippen molar-refractivity contribution in [2.75, 3.05) is 25.0 Å². The van der Waals surface area contributed by atoms with E-state index in [-0.39, 0.29) is 0 Å². The van der Waals surface area contributed by atoms with Gasteiger partial charge in [-0.15, -0.1) is 0 Å². The lowest BCUT2D eigenvalue weighted by atomic mass is 9.90. The van der Waals surface area contributed by atoms with Gasteiger partial charge in [-0.1, -0.05) is 31.0 Å². The summed E-state index contributed by atoms with van der Waals surface area (Å²) in [6.07, 6.45) is 4.00. The molecule has 1 aliphatic heterocycles. The van der Waals surface area contributed by atoms with E-state index in [9.17, 15) is 0 Å². The Hall–Kier alpha value is -1.02. The van der Waals surface area contributed by atoms with Crippen LogP contribution in [0.3, 0.4) is 0 Å². The van der Waals surface area contributed by atoms with Crippen LogP contribution in [0, 0.1) is 19.8 Å². The van der Waals surface area contributed by atoms with Crippen LogP contribution in [0.5, 0.6) is 0 Å². The van der Waals surface area contributed by atoms with E-state index in [0.29, 0.717) is 6.04 Å². The summed E-state index contributed by atoms with van der Waals surface area (Å²) >= 11 is 0. The van der Waals surface area contributed by atoms with Crippen molar-refractivity contribution >= 4 is 5.69 Å². The monoisotopic (exact) mass is 260 g/mol. The highest BCUT2D eigenvalue weighted by Gasteiger charge is 2.21. The lowest BCUT2D eigenvalue weighted by molar-refractivity contribution is 0.297. The molecule has 2 unspecified atom stereocenters. The van der Waals surface area contributed by atoms with E-state index >= 15 is 0 Å². The number of rotatable bonds is 4. The van der Waals surface area contributed by atoms with Gasteiger partial charge in [0, 0.05) is 25.3 Å². The molecule has 1 N–H and O–H groups in total. The Morgan fingerprint density at radius 3 is 2.79 bits per heavy atom. The third kappa shape index (κ3) is 3.73. The Morgan fingerprint density at radius 2 is 2.11 bits per heavy atom. The number of hydrogen-bond acceptors (Lipinski definition) is 2. The largest absolute Gasteiger partial charge is 0.373 e. The predicted molar refractivity (Wildman–Crippen MR) is 84.0 cm³/mol. The van der Waals surface area contributed by atoms with Crippen molar-refractivity contribution in [3.05, 3.63) is 29.3 Å². The number of piperidine rings is 1. The summed E-state index contributed by atoms with van der Waals surface area (Å²) in [7, 11) is 2.22. The molecule has 0 amide bonds. The minimum Gasteiger partial charge on any atom is -0.373 e. The summed E-state index contributed by atoms with van der Waals surface area (Å²) in [4.78, 5) is 2.41. The summed E-state index contributed by atoms with van der Waals surface area (Å²) in [5.74, 6) is 0.916. The van der Waals surface area contributed by atoms with Gasteiger partial charge in [0.05, 0.1) is 0 Å². The molecule has 2 nitrogen and oxygen atoms in total. The van der Waals surface area contributed by atoms with Gasteiger partial charge in [-0.25, -0.2) is 0 Å². The van der Waals surface area contributed by atoms with Crippen LogP contribution in [0.2, 0.25) is 0 Å². The highest BCUT2D eigenvalue weighted by molar-refractivity contribution is 5.53. The fourth-order valence-corrected chi connectivity index (χ4v) is 3.27. The molecule has 1 fully saturated rings. The Labute approximate surface area is 118 Å². The normalized spacial score (nSPS) is 23.4. The first-order valence-electron chi connectivity index (χ1n) is 7.62. The Morgan fingerprint density at radius 1 is 1.32 bits per heavy atom. The van der Waals surface area contributed by atoms with Gasteiger partial charge in [-0.2, -0.15) is 0 Å². The molecule has 0 aromatic heterocycles. The maximum Gasteiger partial charge on any atom is 0.0394 e. The maximum atomic E-state index is 3.67. The number of nitrogens with one attached hydrogen (secondary N) is 1. The molecule has 0 spiro atoms.